The van der Waals surface area contributed by atoms with Crippen molar-refractivity contribution in [2.45, 2.75) is 90.9 Å². The molecule has 0 amide bonds. The van der Waals surface area contributed by atoms with Crippen molar-refractivity contribution in [3.05, 3.63) is 0 Å². The zero-order chi connectivity index (χ0) is 16.9. The van der Waals surface area contributed by atoms with Crippen molar-refractivity contribution >= 4 is 5.97 Å². The normalized spacial score (nSPS) is 22.3. The van der Waals surface area contributed by atoms with Gasteiger partial charge >= 0.3 is 5.97 Å². The van der Waals surface area contributed by atoms with Gasteiger partial charge in [-0.2, -0.15) is 5.26 Å². The lowest BCUT2D eigenvalue weighted by Gasteiger charge is -2.27. The molecule has 0 aromatic rings. The number of esters is 1. The van der Waals surface area contributed by atoms with Crippen LogP contribution in [0.4, 0.5) is 0 Å². The molecule has 0 aromatic heterocycles. The molecule has 1 aliphatic carbocycles. The molecule has 132 valence electrons. The molecule has 3 nitrogen and oxygen atoms in total. The monoisotopic (exact) mass is 321 g/mol. The Kier molecular flexibility index (Phi) is 10.8. The molecule has 1 rings (SSSR count). The maximum absolute atomic E-state index is 12.1. The van der Waals surface area contributed by atoms with Gasteiger partial charge in [0.25, 0.3) is 0 Å². The third-order valence-corrected chi connectivity index (χ3v) is 5.16. The summed E-state index contributed by atoms with van der Waals surface area (Å²) in [6.45, 7) is 4.83. The van der Waals surface area contributed by atoms with Crippen LogP contribution in [-0.2, 0) is 9.53 Å². The number of hydrogen-bond acceptors (Lipinski definition) is 3. The fraction of sp³-hybridized carbons (Fsp3) is 0.900. The molecule has 0 bridgehead atoms. The van der Waals surface area contributed by atoms with Gasteiger partial charge in [-0.15, -0.1) is 0 Å². The van der Waals surface area contributed by atoms with Gasteiger partial charge in [-0.3, -0.25) is 4.79 Å². The highest BCUT2D eigenvalue weighted by atomic mass is 16.5. The lowest BCUT2D eigenvalue weighted by atomic mass is 9.80. The zero-order valence-corrected chi connectivity index (χ0v) is 15.2. The molecular formula is C20H35NO2. The van der Waals surface area contributed by atoms with E-state index in [1.807, 2.05) is 0 Å². The van der Waals surface area contributed by atoms with Crippen LogP contribution in [0.1, 0.15) is 90.9 Å². The van der Waals surface area contributed by atoms with Crippen LogP contribution in [0, 0.1) is 29.1 Å². The number of ether oxygens (including phenoxy) is 1. The Balaban J connectivity index is 2.11. The maximum Gasteiger partial charge on any atom is 0.308 e. The fourth-order valence-electron chi connectivity index (χ4n) is 3.61. The van der Waals surface area contributed by atoms with Crippen molar-refractivity contribution in [3.63, 3.8) is 0 Å². The van der Waals surface area contributed by atoms with Crippen molar-refractivity contribution in [3.8, 4) is 6.07 Å². The first kappa shape index (κ1) is 20.0. The van der Waals surface area contributed by atoms with Gasteiger partial charge in [-0.25, -0.2) is 0 Å². The Morgan fingerprint density at radius 3 is 2.43 bits per heavy atom. The number of nitrogens with zero attached hydrogens (tertiary/aromatic N) is 1. The van der Waals surface area contributed by atoms with E-state index in [9.17, 15) is 4.79 Å². The lowest BCUT2D eigenvalue weighted by molar-refractivity contribution is -0.150. The Bertz CT molecular complexity index is 353. The Hall–Kier alpha value is -1.04. The van der Waals surface area contributed by atoms with E-state index >= 15 is 0 Å². The van der Waals surface area contributed by atoms with Gasteiger partial charge in [0.15, 0.2) is 0 Å². The van der Waals surface area contributed by atoms with Crippen molar-refractivity contribution in [2.75, 3.05) is 6.61 Å². The van der Waals surface area contributed by atoms with E-state index in [1.54, 1.807) is 0 Å². The van der Waals surface area contributed by atoms with Crippen molar-refractivity contribution in [1.82, 2.24) is 0 Å². The molecule has 1 aliphatic rings. The Morgan fingerprint density at radius 2 is 1.83 bits per heavy atom. The second-order valence-corrected chi connectivity index (χ2v) is 7.14. The molecule has 0 spiro atoms. The summed E-state index contributed by atoms with van der Waals surface area (Å²) in [7, 11) is 0. The number of hydrogen-bond donors (Lipinski definition) is 0. The van der Waals surface area contributed by atoms with Crippen molar-refractivity contribution < 1.29 is 9.53 Å². The van der Waals surface area contributed by atoms with E-state index in [0.29, 0.717) is 6.61 Å². The Morgan fingerprint density at radius 1 is 1.09 bits per heavy atom. The van der Waals surface area contributed by atoms with Gasteiger partial charge in [-0.05, 0) is 50.9 Å². The van der Waals surface area contributed by atoms with Crippen LogP contribution >= 0.6 is 0 Å². The number of carbonyl (C=O) groups excluding carboxylic acids is 1. The highest BCUT2D eigenvalue weighted by molar-refractivity contribution is 5.72. The smallest absolute Gasteiger partial charge is 0.308 e. The van der Waals surface area contributed by atoms with Crippen LogP contribution in [0.5, 0.6) is 0 Å². The highest BCUT2D eigenvalue weighted by Crippen LogP contribution is 2.32. The van der Waals surface area contributed by atoms with Gasteiger partial charge in [0.1, 0.15) is 0 Å². The number of nitriles is 1. The predicted octanol–water partition coefficient (Wildman–Crippen LogP) is 5.64. The summed E-state index contributed by atoms with van der Waals surface area (Å²) in [6, 6.07) is 2.34. The number of unbranched alkanes of at least 4 members (excludes halogenated alkanes) is 2. The van der Waals surface area contributed by atoms with Crippen LogP contribution in [0.3, 0.4) is 0 Å². The van der Waals surface area contributed by atoms with E-state index in [1.165, 1.54) is 38.5 Å². The topological polar surface area (TPSA) is 50.1 Å². The number of carbonyl (C=O) groups is 1. The molecule has 0 saturated heterocycles. The first-order valence-electron chi connectivity index (χ1n) is 9.77. The molecule has 0 N–H and O–H groups in total. The van der Waals surface area contributed by atoms with E-state index < -0.39 is 0 Å². The van der Waals surface area contributed by atoms with Crippen molar-refractivity contribution in [1.29, 1.82) is 5.26 Å². The molecule has 1 unspecified atom stereocenters. The van der Waals surface area contributed by atoms with Crippen LogP contribution in [-0.4, -0.2) is 12.6 Å². The minimum Gasteiger partial charge on any atom is -0.465 e. The van der Waals surface area contributed by atoms with Gasteiger partial charge in [0.2, 0.25) is 0 Å². The standard InChI is InChI=1S/C20H35NO2/c1-3-5-6-9-17-11-13-19(14-12-17)20(22)23-15-7-10-18(16-21)8-4-2/h17-19H,3-15H2,1-2H3/t17-,18?,19-. The predicted molar refractivity (Wildman–Crippen MR) is 93.8 cm³/mol. The second-order valence-electron chi connectivity index (χ2n) is 7.14. The molecule has 0 radical (unpaired) electrons. The molecule has 1 atom stereocenters. The molecule has 0 heterocycles. The summed E-state index contributed by atoms with van der Waals surface area (Å²) in [5.74, 6) is 1.08. The molecule has 0 aromatic carbocycles. The summed E-state index contributed by atoms with van der Waals surface area (Å²) in [5.41, 5.74) is 0. The molecule has 1 saturated carbocycles. The van der Waals surface area contributed by atoms with E-state index in [0.717, 1.165) is 44.4 Å². The summed E-state index contributed by atoms with van der Waals surface area (Å²) in [4.78, 5) is 12.1. The zero-order valence-electron chi connectivity index (χ0n) is 15.2. The molecule has 23 heavy (non-hydrogen) atoms. The van der Waals surface area contributed by atoms with Gasteiger partial charge in [-0.1, -0.05) is 46.0 Å². The summed E-state index contributed by atoms with van der Waals surface area (Å²) >= 11 is 0. The lowest BCUT2D eigenvalue weighted by Crippen LogP contribution is -2.24. The van der Waals surface area contributed by atoms with E-state index in [2.05, 4.69) is 19.9 Å². The average Bonchev–Trinajstić information content (AvgIpc) is 2.58. The third kappa shape index (κ3) is 8.39. The third-order valence-electron chi connectivity index (χ3n) is 5.16. The van der Waals surface area contributed by atoms with Crippen molar-refractivity contribution in [2.24, 2.45) is 17.8 Å². The van der Waals surface area contributed by atoms with Gasteiger partial charge in [0, 0.05) is 5.92 Å². The van der Waals surface area contributed by atoms with Gasteiger partial charge in [0.05, 0.1) is 18.6 Å². The summed E-state index contributed by atoms with van der Waals surface area (Å²) in [6.07, 6.45) is 13.3. The minimum atomic E-state index is 0.000933. The minimum absolute atomic E-state index is 0.000933. The van der Waals surface area contributed by atoms with Crippen LogP contribution in [0.2, 0.25) is 0 Å². The highest BCUT2D eigenvalue weighted by Gasteiger charge is 2.27. The molecular weight excluding hydrogens is 286 g/mol. The molecule has 1 fully saturated rings. The molecule has 3 heteroatoms. The average molecular weight is 322 g/mol. The van der Waals surface area contributed by atoms with E-state index in [-0.39, 0.29) is 17.8 Å². The quantitative estimate of drug-likeness (QED) is 0.365. The SMILES string of the molecule is CCCCC[C@H]1CC[C@H](C(=O)OCCCC(C#N)CCC)CC1. The van der Waals surface area contributed by atoms with Gasteiger partial charge < -0.3 is 4.74 Å². The second kappa shape index (κ2) is 12.4. The molecule has 0 aliphatic heterocycles. The van der Waals surface area contributed by atoms with Crippen LogP contribution in [0.25, 0.3) is 0 Å². The first-order chi connectivity index (χ1) is 11.2. The Labute approximate surface area is 142 Å². The van der Waals surface area contributed by atoms with E-state index in [4.69, 9.17) is 10.00 Å². The summed E-state index contributed by atoms with van der Waals surface area (Å²) < 4.78 is 5.44. The first-order valence-corrected chi connectivity index (χ1v) is 9.77. The maximum atomic E-state index is 12.1. The van der Waals surface area contributed by atoms with Crippen LogP contribution < -0.4 is 0 Å². The largest absolute Gasteiger partial charge is 0.465 e. The fourth-order valence-corrected chi connectivity index (χ4v) is 3.61. The summed E-state index contributed by atoms with van der Waals surface area (Å²) in [5, 5.41) is 9.01. The number of rotatable bonds is 11. The van der Waals surface area contributed by atoms with Crippen LogP contribution in [0.15, 0.2) is 0 Å².